The highest BCUT2D eigenvalue weighted by Gasteiger charge is 2.33. The normalized spacial score (nSPS) is 20.5. The standard InChI is InChI=1S/C10H16O.C4H10/c1-4-10(2,3)8-6-5-7-9(8)11;1-4(2)3/h5,7-8H,4,6H2,1-3H3;4H,1-3H3. The maximum Gasteiger partial charge on any atom is 0.159 e. The maximum atomic E-state index is 11.3. The molecule has 0 radical (unpaired) electrons. The number of allylic oxidation sites excluding steroid dienone is 2. The zero-order valence-electron chi connectivity index (χ0n) is 11.1. The molecule has 1 rings (SSSR count). The molecule has 1 aliphatic carbocycles. The summed E-state index contributed by atoms with van der Waals surface area (Å²) < 4.78 is 0. The van der Waals surface area contributed by atoms with E-state index in [0.29, 0.717) is 5.78 Å². The first kappa shape index (κ1) is 14.4. The van der Waals surface area contributed by atoms with Gasteiger partial charge >= 0.3 is 0 Å². The summed E-state index contributed by atoms with van der Waals surface area (Å²) in [6, 6.07) is 0. The van der Waals surface area contributed by atoms with Crippen molar-refractivity contribution in [2.45, 2.75) is 54.4 Å². The van der Waals surface area contributed by atoms with E-state index in [0.717, 1.165) is 18.8 Å². The zero-order valence-corrected chi connectivity index (χ0v) is 11.1. The molecule has 1 heteroatoms. The average molecular weight is 210 g/mol. The first-order valence-corrected chi connectivity index (χ1v) is 6.01. The van der Waals surface area contributed by atoms with E-state index in [1.54, 1.807) is 6.08 Å². The predicted octanol–water partition coefficient (Wildman–Crippen LogP) is 4.23. The number of rotatable bonds is 2. The third-order valence-corrected chi connectivity index (χ3v) is 2.85. The molecule has 0 heterocycles. The molecule has 1 atom stereocenters. The Morgan fingerprint density at radius 3 is 2.13 bits per heavy atom. The Hall–Kier alpha value is -0.590. The van der Waals surface area contributed by atoms with Gasteiger partial charge in [-0.25, -0.2) is 0 Å². The van der Waals surface area contributed by atoms with Crippen LogP contribution in [0.1, 0.15) is 54.4 Å². The molecule has 15 heavy (non-hydrogen) atoms. The fourth-order valence-corrected chi connectivity index (χ4v) is 1.50. The van der Waals surface area contributed by atoms with Crippen molar-refractivity contribution in [3.05, 3.63) is 12.2 Å². The largest absolute Gasteiger partial charge is 0.295 e. The Labute approximate surface area is 95.0 Å². The SMILES string of the molecule is CC(C)C.CCC(C)(C)C1CC=CC1=O. The molecule has 0 bridgehead atoms. The summed E-state index contributed by atoms with van der Waals surface area (Å²) in [5.41, 5.74) is 0.181. The average Bonchev–Trinajstić information content (AvgIpc) is 2.51. The molecule has 0 aliphatic heterocycles. The minimum Gasteiger partial charge on any atom is -0.295 e. The molecule has 0 fully saturated rings. The first-order chi connectivity index (χ1) is 6.81. The first-order valence-electron chi connectivity index (χ1n) is 6.01. The van der Waals surface area contributed by atoms with Gasteiger partial charge in [-0.05, 0) is 23.8 Å². The molecule has 0 saturated carbocycles. The van der Waals surface area contributed by atoms with Gasteiger partial charge in [-0.2, -0.15) is 0 Å². The van der Waals surface area contributed by atoms with Crippen LogP contribution in [0.5, 0.6) is 0 Å². The van der Waals surface area contributed by atoms with Crippen molar-refractivity contribution in [1.82, 2.24) is 0 Å². The number of hydrogen-bond acceptors (Lipinski definition) is 1. The smallest absolute Gasteiger partial charge is 0.159 e. The Bertz CT molecular complexity index is 221. The molecule has 0 aromatic carbocycles. The molecule has 0 aromatic rings. The van der Waals surface area contributed by atoms with Crippen molar-refractivity contribution in [3.63, 3.8) is 0 Å². The van der Waals surface area contributed by atoms with Crippen molar-refractivity contribution >= 4 is 5.78 Å². The fourth-order valence-electron chi connectivity index (χ4n) is 1.50. The molecule has 88 valence electrons. The van der Waals surface area contributed by atoms with E-state index in [1.807, 2.05) is 6.08 Å². The van der Waals surface area contributed by atoms with E-state index >= 15 is 0 Å². The predicted molar refractivity (Wildman–Crippen MR) is 66.8 cm³/mol. The minimum atomic E-state index is 0.181. The number of carbonyl (C=O) groups excluding carboxylic acids is 1. The van der Waals surface area contributed by atoms with Gasteiger partial charge in [0.15, 0.2) is 5.78 Å². The van der Waals surface area contributed by atoms with Crippen molar-refractivity contribution in [1.29, 1.82) is 0 Å². The Morgan fingerprint density at radius 1 is 1.40 bits per heavy atom. The summed E-state index contributed by atoms with van der Waals surface area (Å²) in [4.78, 5) is 11.3. The van der Waals surface area contributed by atoms with Crippen LogP contribution in [0.15, 0.2) is 12.2 Å². The van der Waals surface area contributed by atoms with Crippen molar-refractivity contribution in [2.75, 3.05) is 0 Å². The molecule has 1 unspecified atom stereocenters. The summed E-state index contributed by atoms with van der Waals surface area (Å²) in [5, 5.41) is 0. The molecule has 1 aliphatic rings. The number of carbonyl (C=O) groups is 1. The van der Waals surface area contributed by atoms with Crippen LogP contribution in [-0.4, -0.2) is 5.78 Å². The summed E-state index contributed by atoms with van der Waals surface area (Å²) >= 11 is 0. The van der Waals surface area contributed by atoms with Gasteiger partial charge in [0.1, 0.15) is 0 Å². The topological polar surface area (TPSA) is 17.1 Å². The van der Waals surface area contributed by atoms with Crippen LogP contribution in [0.25, 0.3) is 0 Å². The van der Waals surface area contributed by atoms with Crippen molar-refractivity contribution in [2.24, 2.45) is 17.3 Å². The van der Waals surface area contributed by atoms with Crippen molar-refractivity contribution < 1.29 is 4.79 Å². The third kappa shape index (κ3) is 5.15. The summed E-state index contributed by atoms with van der Waals surface area (Å²) in [7, 11) is 0. The van der Waals surface area contributed by atoms with Gasteiger partial charge in [-0.15, -0.1) is 0 Å². The van der Waals surface area contributed by atoms with Gasteiger partial charge in [-0.1, -0.05) is 54.0 Å². The Kier molecular flexibility index (Phi) is 5.85. The quantitative estimate of drug-likeness (QED) is 0.666. The molecule has 0 saturated heterocycles. The van der Waals surface area contributed by atoms with Crippen LogP contribution in [0, 0.1) is 17.3 Å². The lowest BCUT2D eigenvalue weighted by atomic mass is 9.75. The molecular weight excluding hydrogens is 184 g/mol. The van der Waals surface area contributed by atoms with E-state index in [2.05, 4.69) is 41.5 Å². The van der Waals surface area contributed by atoms with Gasteiger partial charge in [-0.3, -0.25) is 4.79 Å². The highest BCUT2D eigenvalue weighted by atomic mass is 16.1. The van der Waals surface area contributed by atoms with Gasteiger partial charge < -0.3 is 0 Å². The fraction of sp³-hybridized carbons (Fsp3) is 0.786. The van der Waals surface area contributed by atoms with Crippen LogP contribution in [-0.2, 0) is 4.79 Å². The summed E-state index contributed by atoms with van der Waals surface area (Å²) in [6.45, 7) is 13.0. The maximum absolute atomic E-state index is 11.3. The van der Waals surface area contributed by atoms with E-state index < -0.39 is 0 Å². The molecule has 0 amide bonds. The molecular formula is C14H26O. The third-order valence-electron chi connectivity index (χ3n) is 2.85. The second-order valence-electron chi connectivity index (χ2n) is 5.67. The van der Waals surface area contributed by atoms with Crippen LogP contribution in [0.2, 0.25) is 0 Å². The van der Waals surface area contributed by atoms with Gasteiger partial charge in [0.2, 0.25) is 0 Å². The molecule has 0 N–H and O–H groups in total. The van der Waals surface area contributed by atoms with Gasteiger partial charge in [0.25, 0.3) is 0 Å². The van der Waals surface area contributed by atoms with E-state index in [1.165, 1.54) is 0 Å². The van der Waals surface area contributed by atoms with Gasteiger partial charge in [0, 0.05) is 5.92 Å². The lowest BCUT2D eigenvalue weighted by molar-refractivity contribution is -0.120. The summed E-state index contributed by atoms with van der Waals surface area (Å²) in [6.07, 6.45) is 5.73. The molecule has 0 spiro atoms. The Balaban J connectivity index is 0.000000423. The molecule has 0 aromatic heterocycles. The number of ketones is 1. The zero-order chi connectivity index (χ0) is 12.1. The van der Waals surface area contributed by atoms with Crippen molar-refractivity contribution in [3.8, 4) is 0 Å². The summed E-state index contributed by atoms with van der Waals surface area (Å²) in [5.74, 6) is 1.39. The second kappa shape index (κ2) is 6.09. The molecule has 1 nitrogen and oxygen atoms in total. The Morgan fingerprint density at radius 2 is 1.87 bits per heavy atom. The van der Waals surface area contributed by atoms with Crippen LogP contribution >= 0.6 is 0 Å². The highest BCUT2D eigenvalue weighted by molar-refractivity contribution is 5.94. The lowest BCUT2D eigenvalue weighted by Gasteiger charge is -2.28. The van der Waals surface area contributed by atoms with E-state index in [-0.39, 0.29) is 11.3 Å². The lowest BCUT2D eigenvalue weighted by Crippen LogP contribution is -2.26. The monoisotopic (exact) mass is 210 g/mol. The highest BCUT2D eigenvalue weighted by Crippen LogP contribution is 2.36. The van der Waals surface area contributed by atoms with Crippen LogP contribution < -0.4 is 0 Å². The number of hydrogen-bond donors (Lipinski definition) is 0. The van der Waals surface area contributed by atoms with Crippen LogP contribution in [0.3, 0.4) is 0 Å². The minimum absolute atomic E-state index is 0.181. The van der Waals surface area contributed by atoms with E-state index in [4.69, 9.17) is 0 Å². The van der Waals surface area contributed by atoms with E-state index in [9.17, 15) is 4.79 Å². The van der Waals surface area contributed by atoms with Crippen LogP contribution in [0.4, 0.5) is 0 Å². The second-order valence-corrected chi connectivity index (χ2v) is 5.67. The van der Waals surface area contributed by atoms with Gasteiger partial charge in [0.05, 0.1) is 0 Å².